The number of benzene rings is 1. The van der Waals surface area contributed by atoms with E-state index in [4.69, 9.17) is 0 Å². The topological polar surface area (TPSA) is 60.9 Å². The summed E-state index contributed by atoms with van der Waals surface area (Å²) in [6.07, 6.45) is 2.52. The third-order valence-corrected chi connectivity index (χ3v) is 6.59. The second kappa shape index (κ2) is 8.23. The van der Waals surface area contributed by atoms with E-state index in [1.807, 2.05) is 34.5 Å². The number of aliphatic hydroxyl groups is 1. The number of amides is 2. The molecular formula is C21H26N2O3S. The molecule has 0 bridgehead atoms. The minimum atomic E-state index is -0.117. The zero-order chi connectivity index (χ0) is 19.4. The third kappa shape index (κ3) is 3.92. The van der Waals surface area contributed by atoms with Gasteiger partial charge in [-0.15, -0.1) is 11.3 Å². The fourth-order valence-electron chi connectivity index (χ4n) is 3.60. The monoisotopic (exact) mass is 386 g/mol. The third-order valence-electron chi connectivity index (χ3n) is 5.73. The first-order valence-corrected chi connectivity index (χ1v) is 10.2. The Morgan fingerprint density at radius 1 is 1.19 bits per heavy atom. The summed E-state index contributed by atoms with van der Waals surface area (Å²) >= 11 is 1.39. The van der Waals surface area contributed by atoms with Crippen molar-refractivity contribution in [3.05, 3.63) is 52.2 Å². The molecule has 5 nitrogen and oxygen atoms in total. The molecule has 0 spiro atoms. The van der Waals surface area contributed by atoms with Crippen molar-refractivity contribution in [2.24, 2.45) is 5.41 Å². The molecule has 0 aliphatic carbocycles. The number of nitrogens with zero attached hydrogens (tertiary/aromatic N) is 2. The summed E-state index contributed by atoms with van der Waals surface area (Å²) in [6, 6.07) is 10.9. The number of anilines is 1. The van der Waals surface area contributed by atoms with Crippen LogP contribution in [0.5, 0.6) is 0 Å². The van der Waals surface area contributed by atoms with Gasteiger partial charge in [0.1, 0.15) is 0 Å². The van der Waals surface area contributed by atoms with E-state index < -0.39 is 0 Å². The van der Waals surface area contributed by atoms with Gasteiger partial charge in [0.2, 0.25) is 0 Å². The van der Waals surface area contributed by atoms with Gasteiger partial charge < -0.3 is 14.9 Å². The van der Waals surface area contributed by atoms with Gasteiger partial charge in [-0.3, -0.25) is 9.59 Å². The molecule has 2 aromatic rings. The second-order valence-corrected chi connectivity index (χ2v) is 8.11. The van der Waals surface area contributed by atoms with Crippen LogP contribution in [0, 0.1) is 5.41 Å². The first kappa shape index (κ1) is 19.6. The zero-order valence-corrected chi connectivity index (χ0v) is 16.7. The molecule has 1 saturated heterocycles. The van der Waals surface area contributed by atoms with Crippen molar-refractivity contribution in [1.82, 2.24) is 4.90 Å². The first-order valence-electron chi connectivity index (χ1n) is 9.32. The van der Waals surface area contributed by atoms with Gasteiger partial charge in [0, 0.05) is 26.7 Å². The molecule has 1 N–H and O–H groups in total. The normalized spacial score (nSPS) is 16.2. The van der Waals surface area contributed by atoms with E-state index in [2.05, 4.69) is 6.92 Å². The van der Waals surface area contributed by atoms with Crippen molar-refractivity contribution in [3.8, 4) is 0 Å². The maximum absolute atomic E-state index is 13.1. The number of carbonyl (C=O) groups is 2. The zero-order valence-electron chi connectivity index (χ0n) is 15.9. The molecule has 1 aliphatic rings. The summed E-state index contributed by atoms with van der Waals surface area (Å²) in [5, 5.41) is 11.6. The number of carbonyl (C=O) groups excluding carboxylic acids is 2. The van der Waals surface area contributed by atoms with Crippen molar-refractivity contribution in [3.63, 3.8) is 0 Å². The van der Waals surface area contributed by atoms with Crippen molar-refractivity contribution in [2.75, 3.05) is 31.6 Å². The molecule has 0 radical (unpaired) electrons. The maximum atomic E-state index is 13.1. The fraction of sp³-hybridized carbons (Fsp3) is 0.429. The van der Waals surface area contributed by atoms with Gasteiger partial charge in [0.25, 0.3) is 11.8 Å². The Morgan fingerprint density at radius 3 is 2.48 bits per heavy atom. The fourth-order valence-corrected chi connectivity index (χ4v) is 4.30. The van der Waals surface area contributed by atoms with Crippen LogP contribution >= 0.6 is 11.3 Å². The van der Waals surface area contributed by atoms with Crippen molar-refractivity contribution in [2.45, 2.75) is 26.2 Å². The van der Waals surface area contributed by atoms with Gasteiger partial charge in [-0.25, -0.2) is 0 Å². The van der Waals surface area contributed by atoms with E-state index >= 15 is 0 Å². The maximum Gasteiger partial charge on any atom is 0.268 e. The largest absolute Gasteiger partial charge is 0.396 e. The predicted octanol–water partition coefficient (Wildman–Crippen LogP) is 3.65. The number of hydrogen-bond acceptors (Lipinski definition) is 4. The molecule has 1 aromatic heterocycles. The molecule has 0 atom stereocenters. The molecule has 2 amide bonds. The molecule has 144 valence electrons. The molecule has 1 fully saturated rings. The van der Waals surface area contributed by atoms with E-state index in [0.717, 1.165) is 19.3 Å². The average Bonchev–Trinajstić information content (AvgIpc) is 3.27. The highest BCUT2D eigenvalue weighted by molar-refractivity contribution is 7.12. The molecule has 6 heteroatoms. The van der Waals surface area contributed by atoms with Gasteiger partial charge in [-0.05, 0) is 48.3 Å². The lowest BCUT2D eigenvalue weighted by atomic mass is 9.77. The quantitative estimate of drug-likeness (QED) is 0.853. The summed E-state index contributed by atoms with van der Waals surface area (Å²) in [6.45, 7) is 3.52. The van der Waals surface area contributed by atoms with E-state index in [1.165, 1.54) is 11.3 Å². The Kier molecular flexibility index (Phi) is 5.97. The Morgan fingerprint density at radius 2 is 1.89 bits per heavy atom. The molecule has 1 aliphatic heterocycles. The van der Waals surface area contributed by atoms with Gasteiger partial charge >= 0.3 is 0 Å². The average molecular weight is 387 g/mol. The van der Waals surface area contributed by atoms with Crippen LogP contribution in [0.4, 0.5) is 5.69 Å². The van der Waals surface area contributed by atoms with E-state index in [1.54, 1.807) is 24.1 Å². The number of para-hydroxylation sites is 1. The van der Waals surface area contributed by atoms with E-state index in [9.17, 15) is 14.7 Å². The van der Waals surface area contributed by atoms with Crippen molar-refractivity contribution in [1.29, 1.82) is 0 Å². The summed E-state index contributed by atoms with van der Waals surface area (Å²) in [5.41, 5.74) is 1.09. The summed E-state index contributed by atoms with van der Waals surface area (Å²) in [4.78, 5) is 29.9. The van der Waals surface area contributed by atoms with Crippen LogP contribution in [0.2, 0.25) is 0 Å². The lowest BCUT2D eigenvalue weighted by molar-refractivity contribution is 0.0338. The van der Waals surface area contributed by atoms with Crippen LogP contribution in [0.15, 0.2) is 41.8 Å². The van der Waals surface area contributed by atoms with Crippen LogP contribution in [0.1, 0.15) is 46.2 Å². The lowest BCUT2D eigenvalue weighted by Gasteiger charge is -2.40. The highest BCUT2D eigenvalue weighted by Gasteiger charge is 2.34. The van der Waals surface area contributed by atoms with E-state index in [-0.39, 0.29) is 23.8 Å². The standard InChI is InChI=1S/C21H26N2O3S/c1-3-21(15-24)10-12-23(13-11-21)19(25)16-7-4-5-8-17(16)22(2)20(26)18-9-6-14-27-18/h4-9,14,24H,3,10-13,15H2,1-2H3. The molecule has 27 heavy (non-hydrogen) atoms. The Labute approximate surface area is 164 Å². The highest BCUT2D eigenvalue weighted by atomic mass is 32.1. The Bertz CT molecular complexity index is 790. The molecular weight excluding hydrogens is 360 g/mol. The highest BCUT2D eigenvalue weighted by Crippen LogP contribution is 2.35. The minimum Gasteiger partial charge on any atom is -0.396 e. The molecule has 0 unspecified atom stereocenters. The summed E-state index contributed by atoms with van der Waals surface area (Å²) in [5.74, 6) is -0.173. The number of rotatable bonds is 5. The van der Waals surface area contributed by atoms with Gasteiger partial charge in [0.15, 0.2) is 0 Å². The molecule has 1 aromatic carbocycles. The van der Waals surface area contributed by atoms with Gasteiger partial charge in [-0.2, -0.15) is 0 Å². The van der Waals surface area contributed by atoms with Crippen molar-refractivity contribution < 1.29 is 14.7 Å². The van der Waals surface area contributed by atoms with Crippen LogP contribution < -0.4 is 4.90 Å². The van der Waals surface area contributed by atoms with E-state index in [0.29, 0.717) is 29.2 Å². The van der Waals surface area contributed by atoms with Crippen LogP contribution in [0.3, 0.4) is 0 Å². The predicted molar refractivity (Wildman–Crippen MR) is 108 cm³/mol. The van der Waals surface area contributed by atoms with Crippen LogP contribution in [0.25, 0.3) is 0 Å². The number of piperidine rings is 1. The minimum absolute atomic E-state index is 0.0564. The Balaban J connectivity index is 1.80. The lowest BCUT2D eigenvalue weighted by Crippen LogP contribution is -2.44. The smallest absolute Gasteiger partial charge is 0.268 e. The number of hydrogen-bond donors (Lipinski definition) is 1. The number of thiophene rings is 1. The SMILES string of the molecule is CCC1(CO)CCN(C(=O)c2ccccc2N(C)C(=O)c2cccs2)CC1. The number of aliphatic hydroxyl groups excluding tert-OH is 1. The summed E-state index contributed by atoms with van der Waals surface area (Å²) < 4.78 is 0. The van der Waals surface area contributed by atoms with Crippen LogP contribution in [-0.2, 0) is 0 Å². The molecule has 0 saturated carbocycles. The first-order chi connectivity index (χ1) is 13.0. The Hall–Kier alpha value is -2.18. The second-order valence-electron chi connectivity index (χ2n) is 7.16. The van der Waals surface area contributed by atoms with Crippen LogP contribution in [-0.4, -0.2) is 48.6 Å². The number of likely N-dealkylation sites (tertiary alicyclic amines) is 1. The van der Waals surface area contributed by atoms with Gasteiger partial charge in [0.05, 0.1) is 16.1 Å². The summed E-state index contributed by atoms with van der Waals surface area (Å²) in [7, 11) is 1.71. The molecule has 3 rings (SSSR count). The van der Waals surface area contributed by atoms with Crippen molar-refractivity contribution >= 4 is 28.8 Å². The van der Waals surface area contributed by atoms with Gasteiger partial charge in [-0.1, -0.05) is 25.1 Å². The molecule has 2 heterocycles.